The summed E-state index contributed by atoms with van der Waals surface area (Å²) in [5, 5.41) is 10.1. The van der Waals surface area contributed by atoms with Gasteiger partial charge in [0.25, 0.3) is 0 Å². The molecule has 0 aromatic heterocycles. The predicted molar refractivity (Wildman–Crippen MR) is 76.3 cm³/mol. The van der Waals surface area contributed by atoms with E-state index in [-0.39, 0.29) is 12.1 Å². The third-order valence-corrected chi connectivity index (χ3v) is 2.86. The second-order valence-electron chi connectivity index (χ2n) is 5.03. The van der Waals surface area contributed by atoms with Gasteiger partial charge in [-0.25, -0.2) is 0 Å². The molecular weight excluding hydrogens is 242 g/mol. The van der Waals surface area contributed by atoms with Gasteiger partial charge in [0.1, 0.15) is 5.75 Å². The molecule has 0 heterocycles. The summed E-state index contributed by atoms with van der Waals surface area (Å²) in [4.78, 5) is 0. The lowest BCUT2D eigenvalue weighted by Crippen LogP contribution is -2.24. The molecule has 108 valence electrons. The van der Waals surface area contributed by atoms with Gasteiger partial charge in [0, 0.05) is 19.8 Å². The molecular formula is C15H25NO3. The summed E-state index contributed by atoms with van der Waals surface area (Å²) >= 11 is 0. The van der Waals surface area contributed by atoms with Crippen molar-refractivity contribution in [3.63, 3.8) is 0 Å². The Bertz CT molecular complexity index is 351. The Balaban J connectivity index is 2.50. The highest BCUT2D eigenvalue weighted by Crippen LogP contribution is 2.22. The number of benzene rings is 1. The molecule has 0 radical (unpaired) electrons. The Kier molecular flexibility index (Phi) is 6.84. The first-order valence-electron chi connectivity index (χ1n) is 6.72. The Labute approximate surface area is 115 Å². The first-order valence-corrected chi connectivity index (χ1v) is 6.72. The van der Waals surface area contributed by atoms with Crippen LogP contribution in [0, 0.1) is 0 Å². The van der Waals surface area contributed by atoms with Crippen molar-refractivity contribution in [1.29, 1.82) is 0 Å². The molecule has 0 aliphatic heterocycles. The summed E-state index contributed by atoms with van der Waals surface area (Å²) in [7, 11) is 1.65. The minimum absolute atomic E-state index is 0.0541. The predicted octanol–water partition coefficient (Wildman–Crippen LogP) is 2.26. The zero-order chi connectivity index (χ0) is 14.3. The molecule has 0 saturated heterocycles. The molecule has 1 rings (SSSR count). The average molecular weight is 267 g/mol. The molecule has 19 heavy (non-hydrogen) atoms. The van der Waals surface area contributed by atoms with Gasteiger partial charge in [-0.05, 0) is 44.4 Å². The number of rotatable bonds is 8. The minimum Gasteiger partial charge on any atom is -0.491 e. The van der Waals surface area contributed by atoms with Gasteiger partial charge in [0.2, 0.25) is 0 Å². The van der Waals surface area contributed by atoms with Gasteiger partial charge in [0.05, 0.1) is 12.2 Å². The van der Waals surface area contributed by atoms with Crippen LogP contribution in [0.2, 0.25) is 0 Å². The Morgan fingerprint density at radius 2 is 1.84 bits per heavy atom. The first-order chi connectivity index (χ1) is 9.02. The van der Waals surface area contributed by atoms with Crippen molar-refractivity contribution in [3.8, 4) is 5.75 Å². The molecule has 0 saturated carbocycles. The van der Waals surface area contributed by atoms with Crippen molar-refractivity contribution in [1.82, 2.24) is 0 Å². The van der Waals surface area contributed by atoms with Crippen LogP contribution in [-0.4, -0.2) is 31.0 Å². The molecule has 2 unspecified atom stereocenters. The highest BCUT2D eigenvalue weighted by molar-refractivity contribution is 5.28. The van der Waals surface area contributed by atoms with Crippen LogP contribution >= 0.6 is 0 Å². The number of nitrogens with two attached hydrogens (primary N) is 1. The summed E-state index contributed by atoms with van der Waals surface area (Å²) in [6.07, 6.45) is 0.897. The highest BCUT2D eigenvalue weighted by Gasteiger charge is 2.13. The molecule has 3 N–H and O–H groups in total. The van der Waals surface area contributed by atoms with Gasteiger partial charge >= 0.3 is 0 Å². The van der Waals surface area contributed by atoms with E-state index in [1.807, 2.05) is 38.1 Å². The quantitative estimate of drug-likeness (QED) is 0.758. The fourth-order valence-corrected chi connectivity index (χ4v) is 1.85. The lowest BCUT2D eigenvalue weighted by Gasteiger charge is -2.17. The van der Waals surface area contributed by atoms with Crippen LogP contribution in [0.4, 0.5) is 0 Å². The van der Waals surface area contributed by atoms with Gasteiger partial charge < -0.3 is 20.3 Å². The fraction of sp³-hybridized carbons (Fsp3) is 0.600. The van der Waals surface area contributed by atoms with E-state index in [0.717, 1.165) is 17.7 Å². The van der Waals surface area contributed by atoms with Crippen LogP contribution in [-0.2, 0) is 4.74 Å². The maximum Gasteiger partial charge on any atom is 0.119 e. The maximum absolute atomic E-state index is 10.1. The van der Waals surface area contributed by atoms with E-state index in [2.05, 4.69) is 0 Å². The number of hydrogen-bond donors (Lipinski definition) is 2. The topological polar surface area (TPSA) is 64.7 Å². The third-order valence-electron chi connectivity index (χ3n) is 2.86. The summed E-state index contributed by atoms with van der Waals surface area (Å²) in [6.45, 7) is 4.59. The Morgan fingerprint density at radius 1 is 1.21 bits per heavy atom. The number of ether oxygens (including phenoxy) is 2. The molecule has 4 nitrogen and oxygen atoms in total. The van der Waals surface area contributed by atoms with Crippen molar-refractivity contribution in [2.24, 2.45) is 5.73 Å². The molecule has 0 aliphatic carbocycles. The molecule has 4 heteroatoms. The van der Waals surface area contributed by atoms with Crippen molar-refractivity contribution in [2.75, 3.05) is 13.7 Å². The van der Waals surface area contributed by atoms with Gasteiger partial charge in [-0.3, -0.25) is 0 Å². The smallest absolute Gasteiger partial charge is 0.119 e. The highest BCUT2D eigenvalue weighted by atomic mass is 16.5. The second-order valence-corrected chi connectivity index (χ2v) is 5.03. The summed E-state index contributed by atoms with van der Waals surface area (Å²) in [5.41, 5.74) is 6.79. The van der Waals surface area contributed by atoms with Crippen LogP contribution in [0.15, 0.2) is 24.3 Å². The van der Waals surface area contributed by atoms with Gasteiger partial charge in [0.15, 0.2) is 0 Å². The zero-order valence-electron chi connectivity index (χ0n) is 12.0. The molecule has 1 aromatic rings. The van der Waals surface area contributed by atoms with E-state index in [1.54, 1.807) is 7.11 Å². The molecule has 0 spiro atoms. The van der Waals surface area contributed by atoms with E-state index in [9.17, 15) is 5.11 Å². The number of aliphatic hydroxyl groups excluding tert-OH is 1. The Hall–Kier alpha value is -1.10. The van der Waals surface area contributed by atoms with Gasteiger partial charge in [-0.2, -0.15) is 0 Å². The van der Waals surface area contributed by atoms with Crippen molar-refractivity contribution in [2.45, 2.75) is 44.9 Å². The monoisotopic (exact) mass is 267 g/mol. The second kappa shape index (κ2) is 8.15. The van der Waals surface area contributed by atoms with E-state index in [4.69, 9.17) is 15.2 Å². The third kappa shape index (κ3) is 6.05. The van der Waals surface area contributed by atoms with Crippen molar-refractivity contribution in [3.05, 3.63) is 29.8 Å². The van der Waals surface area contributed by atoms with Gasteiger partial charge in [-0.15, -0.1) is 0 Å². The van der Waals surface area contributed by atoms with E-state index in [1.165, 1.54) is 0 Å². The van der Waals surface area contributed by atoms with E-state index < -0.39 is 6.10 Å². The molecule has 2 atom stereocenters. The normalized spacial score (nSPS) is 14.4. The summed E-state index contributed by atoms with van der Waals surface area (Å²) < 4.78 is 10.5. The molecule has 0 bridgehead atoms. The van der Waals surface area contributed by atoms with Crippen LogP contribution in [0.3, 0.4) is 0 Å². The summed E-state index contributed by atoms with van der Waals surface area (Å²) in [6, 6.07) is 7.46. The van der Waals surface area contributed by atoms with Crippen LogP contribution in [0.25, 0.3) is 0 Å². The van der Waals surface area contributed by atoms with Crippen LogP contribution < -0.4 is 10.5 Å². The lowest BCUT2D eigenvalue weighted by atomic mass is 10.0. The first kappa shape index (κ1) is 16.0. The van der Waals surface area contributed by atoms with Crippen LogP contribution in [0.5, 0.6) is 5.75 Å². The lowest BCUT2D eigenvalue weighted by molar-refractivity contribution is 0.141. The maximum atomic E-state index is 10.1. The standard InChI is InChI=1S/C15H25NO3/c1-11(2)19-14-6-4-12(5-7-14)15(17)10-13(16)8-9-18-3/h4-7,11,13,15,17H,8-10,16H2,1-3H3. The molecule has 1 aromatic carbocycles. The molecule has 0 fully saturated rings. The molecule has 0 aliphatic rings. The number of aliphatic hydroxyl groups is 1. The van der Waals surface area contributed by atoms with Crippen LogP contribution in [0.1, 0.15) is 38.4 Å². The van der Waals surface area contributed by atoms with E-state index in [0.29, 0.717) is 13.0 Å². The minimum atomic E-state index is -0.542. The van der Waals surface area contributed by atoms with Crippen molar-refractivity contribution < 1.29 is 14.6 Å². The largest absolute Gasteiger partial charge is 0.491 e. The van der Waals surface area contributed by atoms with Crippen molar-refractivity contribution >= 4 is 0 Å². The number of hydrogen-bond acceptors (Lipinski definition) is 4. The van der Waals surface area contributed by atoms with E-state index >= 15 is 0 Å². The Morgan fingerprint density at radius 3 is 2.37 bits per heavy atom. The zero-order valence-corrected chi connectivity index (χ0v) is 12.0. The SMILES string of the molecule is COCCC(N)CC(O)c1ccc(OC(C)C)cc1. The fourth-order valence-electron chi connectivity index (χ4n) is 1.85. The number of methoxy groups -OCH3 is 1. The van der Waals surface area contributed by atoms with Gasteiger partial charge in [-0.1, -0.05) is 12.1 Å². The summed E-state index contributed by atoms with van der Waals surface area (Å²) in [5.74, 6) is 0.814. The average Bonchev–Trinajstić information content (AvgIpc) is 2.36. The molecule has 0 amide bonds.